The lowest BCUT2D eigenvalue weighted by molar-refractivity contribution is -0.439. The summed E-state index contributed by atoms with van der Waals surface area (Å²) in [6.07, 6.45) is -4.33. The van der Waals surface area contributed by atoms with Crippen molar-refractivity contribution in [3.63, 3.8) is 0 Å². The van der Waals surface area contributed by atoms with Crippen LogP contribution in [0.3, 0.4) is 0 Å². The molecule has 0 spiro atoms. The Morgan fingerprint density at radius 2 is 0.967 bits per heavy atom. The summed E-state index contributed by atoms with van der Waals surface area (Å²) in [4.78, 5) is 0. The first kappa shape index (κ1) is 28.9. The van der Waals surface area contributed by atoms with Gasteiger partial charge in [-0.05, 0) is 17.1 Å². The van der Waals surface area contributed by atoms with Gasteiger partial charge < -0.3 is 0 Å². The average molecular weight is 486 g/mol. The Hall–Kier alpha value is -1.13. The first-order valence-electron chi connectivity index (χ1n) is 8.34. The van der Waals surface area contributed by atoms with Crippen LogP contribution >= 0.6 is 0 Å². The van der Waals surface area contributed by atoms with Crippen molar-refractivity contribution in [1.29, 1.82) is 0 Å². The van der Waals surface area contributed by atoms with Gasteiger partial charge in [0.05, 0.1) is 0 Å². The van der Waals surface area contributed by atoms with Gasteiger partial charge in [-0.2, -0.15) is 57.1 Å². The van der Waals surface area contributed by atoms with E-state index in [0.717, 1.165) is 0 Å². The second kappa shape index (κ2) is 8.09. The van der Waals surface area contributed by atoms with Crippen molar-refractivity contribution in [2.45, 2.75) is 87.0 Å². The first-order chi connectivity index (χ1) is 12.9. The fourth-order valence-electron chi connectivity index (χ4n) is 2.97. The molecular weight excluding hydrogens is 467 g/mol. The molecule has 0 saturated heterocycles. The maximum atomic E-state index is 14.0. The van der Waals surface area contributed by atoms with Crippen molar-refractivity contribution < 1.29 is 57.1 Å². The van der Waals surface area contributed by atoms with Crippen molar-refractivity contribution >= 4 is 8.07 Å². The predicted molar refractivity (Wildman–Crippen MR) is 85.0 cm³/mol. The van der Waals surface area contributed by atoms with E-state index in [1.165, 1.54) is 27.7 Å². The number of rotatable bonds is 9. The van der Waals surface area contributed by atoms with E-state index < -0.39 is 67.4 Å². The maximum absolute atomic E-state index is 14.0. The molecule has 0 N–H and O–H groups in total. The van der Waals surface area contributed by atoms with Gasteiger partial charge in [0.25, 0.3) is 0 Å². The lowest BCUT2D eigenvalue weighted by Crippen LogP contribution is -2.70. The van der Waals surface area contributed by atoms with Gasteiger partial charge in [-0.1, -0.05) is 27.7 Å². The summed E-state index contributed by atoms with van der Waals surface area (Å²) in [6, 6.07) is -0.987. The van der Waals surface area contributed by atoms with Crippen LogP contribution in [0.5, 0.6) is 0 Å². The van der Waals surface area contributed by atoms with E-state index in [1.807, 2.05) is 0 Å². The summed E-state index contributed by atoms with van der Waals surface area (Å²) in [5.74, 6) is -36.7. The summed E-state index contributed by atoms with van der Waals surface area (Å²) in [6.45, 7) is 5.76. The molecule has 14 heteroatoms. The monoisotopic (exact) mass is 486 g/mol. The molecule has 0 unspecified atom stereocenters. The Morgan fingerprint density at radius 3 is 1.23 bits per heavy atom. The fourth-order valence-corrected chi connectivity index (χ4v) is 7.00. The zero-order valence-electron chi connectivity index (χ0n) is 16.1. The van der Waals surface area contributed by atoms with Gasteiger partial charge >= 0.3 is 35.8 Å². The molecule has 178 valence electrons. The van der Waals surface area contributed by atoms with Crippen LogP contribution in [0.15, 0.2) is 0 Å². The van der Waals surface area contributed by atoms with E-state index in [-0.39, 0.29) is 0 Å². The molecule has 30 heavy (non-hydrogen) atoms. The molecule has 0 amide bonds. The second-order valence-electron chi connectivity index (χ2n) is 7.49. The molecule has 0 aromatic heterocycles. The summed E-state index contributed by atoms with van der Waals surface area (Å²) in [5, 5.41) is 0. The Morgan fingerprint density at radius 1 is 0.633 bits per heavy atom. The van der Waals surface area contributed by atoms with Gasteiger partial charge in [0.15, 0.2) is 0 Å². The minimum absolute atomic E-state index is 0.552. The zero-order chi connectivity index (χ0) is 24.8. The van der Waals surface area contributed by atoms with Crippen LogP contribution in [0.2, 0.25) is 17.1 Å². The number of halogens is 13. The summed E-state index contributed by atoms with van der Waals surface area (Å²) >= 11 is 0. The Bertz CT molecular complexity index is 633. The lowest BCUT2D eigenvalue weighted by atomic mass is 9.93. The fraction of sp³-hybridized carbons (Fsp3) is 0.875. The van der Waals surface area contributed by atoms with E-state index in [0.29, 0.717) is 0 Å². The van der Waals surface area contributed by atoms with Gasteiger partial charge in [0.2, 0.25) is 0 Å². The Kier molecular flexibility index (Phi) is 7.78. The Labute approximate surface area is 165 Å². The minimum Gasteiger partial charge on any atom is -0.200 e. The van der Waals surface area contributed by atoms with Crippen LogP contribution < -0.4 is 0 Å². The third-order valence-electron chi connectivity index (χ3n) is 5.18. The highest BCUT2D eigenvalue weighted by Crippen LogP contribution is 2.61. The number of alkyl halides is 13. The maximum Gasteiger partial charge on any atom is 0.460 e. The molecule has 0 aliphatic rings. The molecule has 0 fully saturated rings. The quantitative estimate of drug-likeness (QED) is 0.179. The highest BCUT2D eigenvalue weighted by atomic mass is 28.3. The molecule has 0 radical (unpaired) electrons. The summed E-state index contributed by atoms with van der Waals surface area (Å²) in [7, 11) is -3.33. The topological polar surface area (TPSA) is 0 Å². The molecule has 0 bridgehead atoms. The third-order valence-corrected chi connectivity index (χ3v) is 10.9. The largest absolute Gasteiger partial charge is 0.460 e. The van der Waals surface area contributed by atoms with E-state index in [2.05, 4.69) is 5.54 Å². The smallest absolute Gasteiger partial charge is 0.200 e. The normalized spacial score (nSPS) is 15.7. The van der Waals surface area contributed by atoms with Crippen LogP contribution in [-0.2, 0) is 0 Å². The highest BCUT2D eigenvalue weighted by molar-refractivity contribution is 6.89. The molecule has 0 saturated carbocycles. The van der Waals surface area contributed by atoms with Crippen molar-refractivity contribution in [2.24, 2.45) is 0 Å². The number of terminal acetylenes is 1. The molecule has 0 rings (SSSR count). The van der Waals surface area contributed by atoms with Gasteiger partial charge in [0.1, 0.15) is 8.07 Å². The second-order valence-corrected chi connectivity index (χ2v) is 12.7. The molecule has 0 atom stereocenters. The highest BCUT2D eigenvalue weighted by Gasteiger charge is 2.90. The van der Waals surface area contributed by atoms with Crippen LogP contribution in [0.4, 0.5) is 57.1 Å². The molecule has 0 aliphatic heterocycles. The zero-order valence-corrected chi connectivity index (χ0v) is 17.1. The van der Waals surface area contributed by atoms with Crippen molar-refractivity contribution in [1.82, 2.24) is 0 Å². The third kappa shape index (κ3) is 4.14. The predicted octanol–water partition coefficient (Wildman–Crippen LogP) is 7.56. The molecule has 0 aromatic carbocycles. The molecule has 0 heterocycles. The van der Waals surface area contributed by atoms with Crippen molar-refractivity contribution in [3.05, 3.63) is 0 Å². The molecular formula is C16H19F13Si. The average Bonchev–Trinajstić information content (AvgIpc) is 2.53. The van der Waals surface area contributed by atoms with E-state index >= 15 is 0 Å². The standard InChI is InChI=1S/C16H19F13Si/c1-6-30(9(2)3,10(4)5)8-7-11(17,18)12(19,20)13(21,22)14(23,24)15(25,26)16(27,28)29/h1,9-10H,7-8H2,2-5H3. The number of hydrogen-bond donors (Lipinski definition) is 0. The van der Waals surface area contributed by atoms with Crippen LogP contribution in [-0.4, -0.2) is 43.9 Å². The molecule has 0 nitrogen and oxygen atoms in total. The minimum atomic E-state index is -7.87. The van der Waals surface area contributed by atoms with Gasteiger partial charge in [-0.3, -0.25) is 0 Å². The Balaban J connectivity index is 6.24. The van der Waals surface area contributed by atoms with Crippen molar-refractivity contribution in [3.8, 4) is 12.0 Å². The van der Waals surface area contributed by atoms with E-state index in [4.69, 9.17) is 6.42 Å². The lowest BCUT2D eigenvalue weighted by Gasteiger charge is -2.41. The van der Waals surface area contributed by atoms with Gasteiger partial charge in [-0.15, -0.1) is 12.0 Å². The van der Waals surface area contributed by atoms with E-state index in [1.54, 1.807) is 0 Å². The van der Waals surface area contributed by atoms with Crippen LogP contribution in [0.1, 0.15) is 34.1 Å². The van der Waals surface area contributed by atoms with Gasteiger partial charge in [-0.25, -0.2) is 0 Å². The number of hydrogen-bond acceptors (Lipinski definition) is 0. The summed E-state index contributed by atoms with van der Waals surface area (Å²) < 4.78 is 171. The van der Waals surface area contributed by atoms with Crippen LogP contribution in [0, 0.1) is 12.0 Å². The molecule has 0 aliphatic carbocycles. The SMILES string of the molecule is C#C[Si](CCC(F)(F)C(F)(F)C(F)(F)C(F)(F)C(F)(F)C(F)(F)F)(C(C)C)C(C)C. The molecule has 0 aromatic rings. The summed E-state index contributed by atoms with van der Waals surface area (Å²) in [5.41, 5.74) is 1.10. The van der Waals surface area contributed by atoms with Crippen molar-refractivity contribution in [2.75, 3.05) is 0 Å². The van der Waals surface area contributed by atoms with Crippen LogP contribution in [0.25, 0.3) is 0 Å². The van der Waals surface area contributed by atoms with Gasteiger partial charge in [0, 0.05) is 6.42 Å². The van der Waals surface area contributed by atoms with E-state index in [9.17, 15) is 57.1 Å². The first-order valence-corrected chi connectivity index (χ1v) is 10.7.